The van der Waals surface area contributed by atoms with Crippen LogP contribution < -0.4 is 5.32 Å². The number of hydrogen-bond acceptors (Lipinski definition) is 5. The smallest absolute Gasteiger partial charge is 0.306 e. The van der Waals surface area contributed by atoms with Crippen molar-refractivity contribution in [2.45, 2.75) is 57.9 Å². The highest BCUT2D eigenvalue weighted by atomic mass is 35.5. The third-order valence-electron chi connectivity index (χ3n) is 6.14. The van der Waals surface area contributed by atoms with E-state index in [2.05, 4.69) is 12.2 Å². The van der Waals surface area contributed by atoms with Gasteiger partial charge in [-0.05, 0) is 49.8 Å². The van der Waals surface area contributed by atoms with Gasteiger partial charge in [-0.25, -0.2) is 9.97 Å². The van der Waals surface area contributed by atoms with Crippen LogP contribution >= 0.6 is 23.2 Å². The topological polar surface area (TPSA) is 92.9 Å². The number of hydrogen-bond donors (Lipinski definition) is 2. The molecule has 0 atom stereocenters. The predicted molar refractivity (Wildman–Crippen MR) is 126 cm³/mol. The Kier molecular flexibility index (Phi) is 6.86. The second kappa shape index (κ2) is 9.63. The Hall–Kier alpha value is -2.38. The highest BCUT2D eigenvalue weighted by Gasteiger charge is 2.29. The van der Waals surface area contributed by atoms with Crippen molar-refractivity contribution >= 4 is 46.0 Å². The van der Waals surface area contributed by atoms with E-state index in [0.717, 1.165) is 59.6 Å². The normalized spacial score (nSPS) is 18.8. The van der Waals surface area contributed by atoms with Crippen LogP contribution in [0, 0.1) is 5.92 Å². The maximum atomic E-state index is 11.3. The van der Waals surface area contributed by atoms with Crippen LogP contribution in [0.2, 0.25) is 10.0 Å². The fourth-order valence-corrected chi connectivity index (χ4v) is 4.72. The van der Waals surface area contributed by atoms with Crippen molar-refractivity contribution in [1.82, 2.24) is 19.7 Å². The number of halogens is 2. The van der Waals surface area contributed by atoms with Gasteiger partial charge in [0.25, 0.3) is 0 Å². The van der Waals surface area contributed by atoms with Gasteiger partial charge >= 0.3 is 5.97 Å². The van der Waals surface area contributed by atoms with Gasteiger partial charge in [0.05, 0.1) is 21.7 Å². The lowest BCUT2D eigenvalue weighted by Crippen LogP contribution is -2.21. The molecule has 3 aromatic rings. The number of rotatable bonds is 7. The molecule has 1 aromatic carbocycles. The highest BCUT2D eigenvalue weighted by Crippen LogP contribution is 2.36. The zero-order valence-electron chi connectivity index (χ0n) is 18.2. The lowest BCUT2D eigenvalue weighted by atomic mass is 9.81. The van der Waals surface area contributed by atoms with Crippen molar-refractivity contribution in [2.75, 3.05) is 5.32 Å². The molecule has 0 radical (unpaired) electrons. The third kappa shape index (κ3) is 4.69. The molecule has 7 nitrogen and oxygen atoms in total. The Bertz CT molecular complexity index is 1140. The number of nitrogens with one attached hydrogen (secondary N) is 1. The van der Waals surface area contributed by atoms with Crippen LogP contribution in [0.4, 0.5) is 5.82 Å². The maximum absolute atomic E-state index is 11.3. The van der Waals surface area contributed by atoms with Crippen molar-refractivity contribution in [3.63, 3.8) is 0 Å². The molecular weight excluding hydrogens is 449 g/mol. The standard InChI is InChI=1S/C23H27Cl2N5O2/c1-3-4-18-19-20(30(2)29-18)22(26-12-13-5-10-16(24)17(25)11-13)28-21(27-19)14-6-8-15(9-7-14)23(31)32/h5,10-11,14-15H,3-4,6-9,12H2,1-2H3,(H,31,32)(H,26,27,28). The Morgan fingerprint density at radius 3 is 2.59 bits per heavy atom. The van der Waals surface area contributed by atoms with E-state index in [0.29, 0.717) is 29.4 Å². The number of aryl methyl sites for hydroxylation is 2. The summed E-state index contributed by atoms with van der Waals surface area (Å²) in [6.07, 6.45) is 4.67. The SMILES string of the molecule is CCCc1nn(C)c2c(NCc3ccc(Cl)c(Cl)c3)nc(C3CCC(C(=O)O)CC3)nc12. The summed E-state index contributed by atoms with van der Waals surface area (Å²) in [6, 6.07) is 5.56. The number of aliphatic carboxylic acids is 1. The van der Waals surface area contributed by atoms with E-state index in [1.54, 1.807) is 6.07 Å². The average Bonchev–Trinajstić information content (AvgIpc) is 3.10. The van der Waals surface area contributed by atoms with Crippen LogP contribution in [0.5, 0.6) is 0 Å². The van der Waals surface area contributed by atoms with Gasteiger partial charge in [0.2, 0.25) is 0 Å². The van der Waals surface area contributed by atoms with Gasteiger partial charge < -0.3 is 10.4 Å². The fraction of sp³-hybridized carbons (Fsp3) is 0.478. The molecule has 170 valence electrons. The quantitative estimate of drug-likeness (QED) is 0.462. The lowest BCUT2D eigenvalue weighted by Gasteiger charge is -2.25. The first kappa shape index (κ1) is 22.8. The summed E-state index contributed by atoms with van der Waals surface area (Å²) in [5.74, 6) is 0.671. The molecule has 0 saturated heterocycles. The molecule has 32 heavy (non-hydrogen) atoms. The maximum Gasteiger partial charge on any atom is 0.306 e. The largest absolute Gasteiger partial charge is 0.481 e. The molecule has 2 heterocycles. The van der Waals surface area contributed by atoms with Crippen LogP contribution in [0.15, 0.2) is 18.2 Å². The van der Waals surface area contributed by atoms with E-state index in [-0.39, 0.29) is 11.8 Å². The number of benzene rings is 1. The summed E-state index contributed by atoms with van der Waals surface area (Å²) in [6.45, 7) is 2.65. The Morgan fingerprint density at radius 1 is 1.19 bits per heavy atom. The molecule has 1 aliphatic carbocycles. The zero-order valence-corrected chi connectivity index (χ0v) is 19.7. The van der Waals surface area contributed by atoms with Gasteiger partial charge in [-0.3, -0.25) is 9.48 Å². The summed E-state index contributed by atoms with van der Waals surface area (Å²) < 4.78 is 1.84. The van der Waals surface area contributed by atoms with Crippen LogP contribution in [-0.4, -0.2) is 30.8 Å². The number of anilines is 1. The van der Waals surface area contributed by atoms with Gasteiger partial charge in [-0.2, -0.15) is 5.10 Å². The molecule has 1 saturated carbocycles. The van der Waals surface area contributed by atoms with Gasteiger partial charge in [-0.1, -0.05) is 42.6 Å². The number of carboxylic acids is 1. The van der Waals surface area contributed by atoms with Crippen molar-refractivity contribution in [3.8, 4) is 0 Å². The zero-order chi connectivity index (χ0) is 22.8. The minimum atomic E-state index is -0.707. The first-order valence-corrected chi connectivity index (χ1v) is 11.8. The molecule has 0 amide bonds. The molecule has 9 heteroatoms. The number of fused-ring (bicyclic) bond motifs is 1. The summed E-state index contributed by atoms with van der Waals surface area (Å²) in [5, 5.41) is 18.5. The van der Waals surface area contributed by atoms with Crippen molar-refractivity contribution in [3.05, 3.63) is 45.3 Å². The van der Waals surface area contributed by atoms with E-state index < -0.39 is 5.97 Å². The van der Waals surface area contributed by atoms with Gasteiger partial charge in [0, 0.05) is 19.5 Å². The summed E-state index contributed by atoms with van der Waals surface area (Å²) in [5.41, 5.74) is 3.70. The van der Waals surface area contributed by atoms with Crippen LogP contribution in [0.25, 0.3) is 11.0 Å². The molecule has 0 unspecified atom stereocenters. The number of aromatic nitrogens is 4. The number of carbonyl (C=O) groups is 1. The Morgan fingerprint density at radius 2 is 1.94 bits per heavy atom. The Balaban J connectivity index is 1.68. The van der Waals surface area contributed by atoms with E-state index in [4.69, 9.17) is 38.3 Å². The van der Waals surface area contributed by atoms with Crippen molar-refractivity contribution in [2.24, 2.45) is 13.0 Å². The van der Waals surface area contributed by atoms with Gasteiger partial charge in [-0.15, -0.1) is 0 Å². The van der Waals surface area contributed by atoms with Gasteiger partial charge in [0.15, 0.2) is 5.82 Å². The average molecular weight is 476 g/mol. The number of nitrogens with zero attached hydrogens (tertiary/aromatic N) is 4. The molecule has 4 rings (SSSR count). The van der Waals surface area contributed by atoms with E-state index in [9.17, 15) is 9.90 Å². The fourth-order valence-electron chi connectivity index (χ4n) is 4.40. The first-order chi connectivity index (χ1) is 15.4. The van der Waals surface area contributed by atoms with Gasteiger partial charge in [0.1, 0.15) is 16.9 Å². The highest BCUT2D eigenvalue weighted by molar-refractivity contribution is 6.42. The van der Waals surface area contributed by atoms with Crippen LogP contribution in [0.1, 0.15) is 62.0 Å². The number of carboxylic acid groups (broad SMARTS) is 1. The second-order valence-electron chi connectivity index (χ2n) is 8.44. The monoisotopic (exact) mass is 475 g/mol. The molecule has 1 aliphatic rings. The molecule has 1 fully saturated rings. The Labute approximate surface area is 197 Å². The molecule has 0 bridgehead atoms. The van der Waals surface area contributed by atoms with Crippen molar-refractivity contribution in [1.29, 1.82) is 0 Å². The summed E-state index contributed by atoms with van der Waals surface area (Å²) >= 11 is 12.2. The van der Waals surface area contributed by atoms with E-state index >= 15 is 0 Å². The molecule has 2 N–H and O–H groups in total. The molecule has 2 aromatic heterocycles. The first-order valence-electron chi connectivity index (χ1n) is 11.0. The van der Waals surface area contributed by atoms with Crippen molar-refractivity contribution < 1.29 is 9.90 Å². The summed E-state index contributed by atoms with van der Waals surface area (Å²) in [4.78, 5) is 21.2. The lowest BCUT2D eigenvalue weighted by molar-refractivity contribution is -0.142. The van der Waals surface area contributed by atoms with E-state index in [1.165, 1.54) is 0 Å². The van der Waals surface area contributed by atoms with Crippen LogP contribution in [-0.2, 0) is 24.8 Å². The van der Waals surface area contributed by atoms with E-state index in [1.807, 2.05) is 23.9 Å². The second-order valence-corrected chi connectivity index (χ2v) is 9.25. The molecular formula is C23H27Cl2N5O2. The van der Waals surface area contributed by atoms with Crippen LogP contribution in [0.3, 0.4) is 0 Å². The third-order valence-corrected chi connectivity index (χ3v) is 6.88. The predicted octanol–water partition coefficient (Wildman–Crippen LogP) is 5.59. The minimum absolute atomic E-state index is 0.148. The minimum Gasteiger partial charge on any atom is -0.481 e. The summed E-state index contributed by atoms with van der Waals surface area (Å²) in [7, 11) is 1.91. The molecule has 0 spiro atoms. The molecule has 0 aliphatic heterocycles.